The van der Waals surface area contributed by atoms with Crippen molar-refractivity contribution in [2.75, 3.05) is 5.32 Å². The molecule has 1 aromatic heterocycles. The van der Waals surface area contributed by atoms with Crippen LogP contribution in [0.3, 0.4) is 0 Å². The zero-order valence-corrected chi connectivity index (χ0v) is 12.7. The van der Waals surface area contributed by atoms with Gasteiger partial charge in [0.25, 0.3) is 5.91 Å². The molecule has 0 unspecified atom stereocenters. The molecule has 6 heteroatoms. The Labute approximate surface area is 137 Å². The molecule has 0 aliphatic rings. The van der Waals surface area contributed by atoms with Crippen molar-refractivity contribution in [3.63, 3.8) is 0 Å². The molecule has 0 fully saturated rings. The van der Waals surface area contributed by atoms with Gasteiger partial charge in [0.1, 0.15) is 12.4 Å². The molecule has 3 rings (SSSR count). The van der Waals surface area contributed by atoms with Crippen LogP contribution in [0.4, 0.5) is 5.69 Å². The number of rotatable bonds is 3. The number of carbonyl (C=O) groups excluding carboxylic acids is 1. The summed E-state index contributed by atoms with van der Waals surface area (Å²) < 4.78 is 1.46. The van der Waals surface area contributed by atoms with Gasteiger partial charge < -0.3 is 15.0 Å². The molecular weight excluding hydrogens is 314 g/mol. The van der Waals surface area contributed by atoms with E-state index in [1.807, 2.05) is 18.2 Å². The summed E-state index contributed by atoms with van der Waals surface area (Å²) >= 11 is 6.31. The van der Waals surface area contributed by atoms with Crippen molar-refractivity contribution in [2.45, 2.75) is 6.73 Å². The van der Waals surface area contributed by atoms with E-state index in [4.69, 9.17) is 16.9 Å². The first-order valence-electron chi connectivity index (χ1n) is 6.85. The number of hydrogen-bond acceptors (Lipinski definition) is 3. The van der Waals surface area contributed by atoms with Crippen molar-refractivity contribution in [3.05, 3.63) is 64.8 Å². The fourth-order valence-electron chi connectivity index (χ4n) is 2.45. The van der Waals surface area contributed by atoms with Crippen LogP contribution in [0.1, 0.15) is 16.1 Å². The van der Waals surface area contributed by atoms with Gasteiger partial charge in [-0.3, -0.25) is 4.79 Å². The number of aromatic nitrogens is 1. The molecule has 0 saturated heterocycles. The van der Waals surface area contributed by atoms with Gasteiger partial charge in [0.15, 0.2) is 0 Å². The Bertz CT molecular complexity index is 923. The Kier molecular flexibility index (Phi) is 4.02. The summed E-state index contributed by atoms with van der Waals surface area (Å²) in [7, 11) is 0. The normalized spacial score (nSPS) is 10.5. The number of benzene rings is 2. The molecule has 5 nitrogen and oxygen atoms in total. The SMILES string of the molecule is N#Cc1ccc(NC(=O)c2c(Cl)c3ccccc3n2CO)cc1. The van der Waals surface area contributed by atoms with Gasteiger partial charge >= 0.3 is 0 Å². The number of fused-ring (bicyclic) bond motifs is 1. The number of nitriles is 1. The molecule has 1 amide bonds. The lowest BCUT2D eigenvalue weighted by Crippen LogP contribution is -2.17. The van der Waals surface area contributed by atoms with Crippen molar-refractivity contribution in [1.29, 1.82) is 5.26 Å². The molecule has 1 heterocycles. The average molecular weight is 326 g/mol. The number of anilines is 1. The summed E-state index contributed by atoms with van der Waals surface area (Å²) in [6.07, 6.45) is 0. The van der Waals surface area contributed by atoms with E-state index < -0.39 is 5.91 Å². The molecule has 0 aliphatic heterocycles. The number of aliphatic hydroxyl groups is 1. The van der Waals surface area contributed by atoms with E-state index >= 15 is 0 Å². The third-order valence-electron chi connectivity index (χ3n) is 3.54. The van der Waals surface area contributed by atoms with Crippen LogP contribution in [0.15, 0.2) is 48.5 Å². The number of hydrogen-bond donors (Lipinski definition) is 2. The van der Waals surface area contributed by atoms with Crippen molar-refractivity contribution in [1.82, 2.24) is 4.57 Å². The molecule has 0 aliphatic carbocycles. The molecule has 114 valence electrons. The summed E-state index contributed by atoms with van der Waals surface area (Å²) in [6, 6.07) is 15.7. The second kappa shape index (κ2) is 6.13. The number of para-hydroxylation sites is 1. The van der Waals surface area contributed by atoms with E-state index in [-0.39, 0.29) is 12.4 Å². The number of aliphatic hydroxyl groups excluding tert-OH is 1. The first-order valence-corrected chi connectivity index (χ1v) is 7.22. The van der Waals surface area contributed by atoms with Gasteiger partial charge in [0, 0.05) is 11.1 Å². The van der Waals surface area contributed by atoms with Crippen LogP contribution < -0.4 is 5.32 Å². The first kappa shape index (κ1) is 15.1. The highest BCUT2D eigenvalue weighted by molar-refractivity contribution is 6.39. The molecule has 0 spiro atoms. The van der Waals surface area contributed by atoms with E-state index in [9.17, 15) is 9.90 Å². The zero-order chi connectivity index (χ0) is 16.4. The highest BCUT2D eigenvalue weighted by atomic mass is 35.5. The average Bonchev–Trinajstić information content (AvgIpc) is 2.88. The minimum atomic E-state index is -0.426. The monoisotopic (exact) mass is 325 g/mol. The topological polar surface area (TPSA) is 78.0 Å². The predicted octanol–water partition coefficient (Wildman–Crippen LogP) is 3.37. The molecule has 0 atom stereocenters. The van der Waals surface area contributed by atoms with Crippen molar-refractivity contribution in [2.24, 2.45) is 0 Å². The van der Waals surface area contributed by atoms with E-state index in [1.54, 1.807) is 36.4 Å². The minimum absolute atomic E-state index is 0.194. The summed E-state index contributed by atoms with van der Waals surface area (Å²) in [4.78, 5) is 12.5. The second-order valence-corrected chi connectivity index (χ2v) is 5.27. The third-order valence-corrected chi connectivity index (χ3v) is 3.92. The molecule has 0 bridgehead atoms. The largest absolute Gasteiger partial charge is 0.376 e. The predicted molar refractivity (Wildman–Crippen MR) is 88.3 cm³/mol. The number of halogens is 1. The maximum atomic E-state index is 12.5. The minimum Gasteiger partial charge on any atom is -0.376 e. The molecule has 0 radical (unpaired) electrons. The summed E-state index contributed by atoms with van der Waals surface area (Å²) in [6.45, 7) is -0.358. The Morgan fingerprint density at radius 1 is 1.22 bits per heavy atom. The van der Waals surface area contributed by atoms with Crippen LogP contribution in [0.5, 0.6) is 0 Å². The lowest BCUT2D eigenvalue weighted by Gasteiger charge is -2.09. The highest BCUT2D eigenvalue weighted by Crippen LogP contribution is 2.31. The zero-order valence-electron chi connectivity index (χ0n) is 12.0. The second-order valence-electron chi connectivity index (χ2n) is 4.89. The standard InChI is InChI=1S/C17H12ClN3O2/c18-15-13-3-1-2-4-14(13)21(10-22)16(15)17(23)20-12-7-5-11(9-19)6-8-12/h1-8,22H,10H2,(H,20,23). The smallest absolute Gasteiger partial charge is 0.273 e. The number of nitrogens with zero attached hydrogens (tertiary/aromatic N) is 2. The lowest BCUT2D eigenvalue weighted by atomic mass is 10.2. The van der Waals surface area contributed by atoms with Crippen LogP contribution in [0.25, 0.3) is 10.9 Å². The van der Waals surface area contributed by atoms with Crippen LogP contribution in [-0.4, -0.2) is 15.6 Å². The Morgan fingerprint density at radius 3 is 2.57 bits per heavy atom. The highest BCUT2D eigenvalue weighted by Gasteiger charge is 2.21. The van der Waals surface area contributed by atoms with E-state index in [0.29, 0.717) is 27.2 Å². The van der Waals surface area contributed by atoms with Gasteiger partial charge in [-0.25, -0.2) is 0 Å². The van der Waals surface area contributed by atoms with Crippen LogP contribution in [-0.2, 0) is 6.73 Å². The van der Waals surface area contributed by atoms with Gasteiger partial charge in [-0.2, -0.15) is 5.26 Å². The number of amides is 1. The summed E-state index contributed by atoms with van der Waals surface area (Å²) in [5, 5.41) is 22.1. The quantitative estimate of drug-likeness (QED) is 0.775. The van der Waals surface area contributed by atoms with E-state index in [2.05, 4.69) is 5.32 Å². The van der Waals surface area contributed by atoms with Gasteiger partial charge in [-0.15, -0.1) is 0 Å². The van der Waals surface area contributed by atoms with Gasteiger partial charge in [-0.05, 0) is 30.3 Å². The fraction of sp³-hybridized carbons (Fsp3) is 0.0588. The van der Waals surface area contributed by atoms with Gasteiger partial charge in [-0.1, -0.05) is 29.8 Å². The molecule has 23 heavy (non-hydrogen) atoms. The fourth-order valence-corrected chi connectivity index (χ4v) is 2.80. The maximum absolute atomic E-state index is 12.5. The number of carbonyl (C=O) groups is 1. The van der Waals surface area contributed by atoms with Gasteiger partial charge in [0.05, 0.1) is 22.2 Å². The van der Waals surface area contributed by atoms with E-state index in [0.717, 1.165) is 0 Å². The molecule has 2 aromatic carbocycles. The Morgan fingerprint density at radius 2 is 1.91 bits per heavy atom. The van der Waals surface area contributed by atoms with E-state index in [1.165, 1.54) is 4.57 Å². The van der Waals surface area contributed by atoms with Crippen molar-refractivity contribution >= 4 is 34.1 Å². The summed E-state index contributed by atoms with van der Waals surface area (Å²) in [5.74, 6) is -0.426. The lowest BCUT2D eigenvalue weighted by molar-refractivity contribution is 0.100. The van der Waals surface area contributed by atoms with Crippen molar-refractivity contribution < 1.29 is 9.90 Å². The van der Waals surface area contributed by atoms with Crippen LogP contribution >= 0.6 is 11.6 Å². The third kappa shape index (κ3) is 2.66. The summed E-state index contributed by atoms with van der Waals surface area (Å²) in [5.41, 5.74) is 1.93. The maximum Gasteiger partial charge on any atom is 0.273 e. The Balaban J connectivity index is 2.00. The van der Waals surface area contributed by atoms with Crippen LogP contribution in [0.2, 0.25) is 5.02 Å². The molecule has 2 N–H and O–H groups in total. The van der Waals surface area contributed by atoms with Crippen molar-refractivity contribution in [3.8, 4) is 6.07 Å². The Hall–Kier alpha value is -2.81. The molecule has 0 saturated carbocycles. The molecular formula is C17H12ClN3O2. The van der Waals surface area contributed by atoms with Gasteiger partial charge in [0.2, 0.25) is 0 Å². The molecule has 3 aromatic rings. The number of nitrogens with one attached hydrogen (secondary N) is 1. The van der Waals surface area contributed by atoms with Crippen LogP contribution in [0, 0.1) is 11.3 Å². The first-order chi connectivity index (χ1) is 11.2.